The highest BCUT2D eigenvalue weighted by Crippen LogP contribution is 2.44. The molecule has 0 fully saturated rings. The Balaban J connectivity index is 0.00000306. The fraction of sp³-hybridized carbons (Fsp3) is 0.231. The topological polar surface area (TPSA) is 50.8 Å². The molecule has 2 unspecified atom stereocenters. The number of hydrogen-bond acceptors (Lipinski definition) is 3. The van der Waals surface area contributed by atoms with E-state index in [1.807, 2.05) is 61.0 Å². The average Bonchev–Trinajstić information content (AvgIpc) is 3.20. The van der Waals surface area contributed by atoms with Gasteiger partial charge in [0, 0.05) is 13.1 Å². The minimum absolute atomic E-state index is 0. The summed E-state index contributed by atoms with van der Waals surface area (Å²) >= 11 is 0. The van der Waals surface area contributed by atoms with Crippen molar-refractivity contribution < 1.29 is 13.5 Å². The summed E-state index contributed by atoms with van der Waals surface area (Å²) in [5, 5.41) is 9.90. The van der Waals surface area contributed by atoms with E-state index < -0.39 is 23.2 Å². The molecular formula is C26H24ClF2N3O. The van der Waals surface area contributed by atoms with Crippen molar-refractivity contribution in [2.45, 2.75) is 26.1 Å². The molecule has 33 heavy (non-hydrogen) atoms. The Morgan fingerprint density at radius 2 is 1.88 bits per heavy atom. The quantitative estimate of drug-likeness (QED) is 0.426. The molecule has 0 saturated heterocycles. The van der Waals surface area contributed by atoms with Crippen LogP contribution in [0, 0.1) is 28.4 Å². The van der Waals surface area contributed by atoms with Crippen molar-refractivity contribution in [1.29, 1.82) is 5.26 Å². The molecule has 7 heteroatoms. The lowest BCUT2D eigenvalue weighted by Crippen LogP contribution is -2.21. The second kappa shape index (κ2) is 10.1. The molecule has 1 aliphatic rings. The lowest BCUT2D eigenvalue weighted by molar-refractivity contribution is 0.0609. The molecule has 1 aliphatic carbocycles. The highest BCUT2D eigenvalue weighted by molar-refractivity contribution is 5.85. The van der Waals surface area contributed by atoms with Gasteiger partial charge in [-0.05, 0) is 47.8 Å². The van der Waals surface area contributed by atoms with Gasteiger partial charge in [0.1, 0.15) is 17.7 Å². The van der Waals surface area contributed by atoms with Crippen molar-refractivity contribution in [1.82, 2.24) is 9.55 Å². The first kappa shape index (κ1) is 24.4. The van der Waals surface area contributed by atoms with Crippen LogP contribution >= 0.6 is 12.4 Å². The third-order valence-corrected chi connectivity index (χ3v) is 5.75. The molecule has 0 bridgehead atoms. The molecule has 1 aromatic heterocycles. The van der Waals surface area contributed by atoms with Gasteiger partial charge in [-0.15, -0.1) is 12.4 Å². The van der Waals surface area contributed by atoms with Crippen LogP contribution in [0.15, 0.2) is 78.8 Å². The first-order chi connectivity index (χ1) is 15.4. The minimum Gasteiger partial charge on any atom is -0.363 e. The maximum atomic E-state index is 13.6. The molecular weight excluding hydrogens is 444 g/mol. The van der Waals surface area contributed by atoms with Gasteiger partial charge in [0.2, 0.25) is 0 Å². The van der Waals surface area contributed by atoms with Gasteiger partial charge < -0.3 is 9.30 Å². The zero-order chi connectivity index (χ0) is 22.7. The number of aromatic nitrogens is 2. The Labute approximate surface area is 198 Å². The van der Waals surface area contributed by atoms with Gasteiger partial charge in [-0.3, -0.25) is 0 Å². The fourth-order valence-corrected chi connectivity index (χ4v) is 3.97. The number of ether oxygens (including phenoxy) is 1. The van der Waals surface area contributed by atoms with Crippen LogP contribution in [0.1, 0.15) is 36.3 Å². The summed E-state index contributed by atoms with van der Waals surface area (Å²) in [6, 6.07) is 15.6. The Bertz CT molecular complexity index is 1210. The maximum absolute atomic E-state index is 13.6. The zero-order valence-electron chi connectivity index (χ0n) is 18.3. The van der Waals surface area contributed by atoms with Crippen LogP contribution in [0.3, 0.4) is 0 Å². The van der Waals surface area contributed by atoms with Gasteiger partial charge in [-0.2, -0.15) is 5.26 Å². The number of aryl methyl sites for hydroxylation is 1. The summed E-state index contributed by atoms with van der Waals surface area (Å²) in [5.74, 6) is -1.29. The van der Waals surface area contributed by atoms with Crippen LogP contribution in [-0.2, 0) is 18.4 Å². The Hall–Kier alpha value is -3.27. The number of imidazole rings is 1. The molecule has 2 atom stereocenters. The van der Waals surface area contributed by atoms with Gasteiger partial charge >= 0.3 is 0 Å². The predicted octanol–water partition coefficient (Wildman–Crippen LogP) is 6.32. The number of halogens is 3. The zero-order valence-corrected chi connectivity index (χ0v) is 19.2. The fourth-order valence-electron chi connectivity index (χ4n) is 3.97. The van der Waals surface area contributed by atoms with Gasteiger partial charge in [-0.25, -0.2) is 13.8 Å². The number of nitriles is 1. The lowest BCUT2D eigenvalue weighted by atomic mass is 9.72. The Morgan fingerprint density at radius 3 is 2.48 bits per heavy atom. The van der Waals surface area contributed by atoms with Crippen LogP contribution in [0.4, 0.5) is 8.78 Å². The van der Waals surface area contributed by atoms with Crippen molar-refractivity contribution in [3.05, 3.63) is 107 Å². The maximum Gasteiger partial charge on any atom is 0.126 e. The van der Waals surface area contributed by atoms with E-state index in [0.29, 0.717) is 12.0 Å². The molecule has 4 nitrogen and oxygen atoms in total. The van der Waals surface area contributed by atoms with E-state index in [2.05, 4.69) is 11.1 Å². The van der Waals surface area contributed by atoms with Crippen LogP contribution in [0.25, 0.3) is 5.57 Å². The number of rotatable bonds is 6. The van der Waals surface area contributed by atoms with Crippen molar-refractivity contribution >= 4 is 18.0 Å². The summed E-state index contributed by atoms with van der Waals surface area (Å²) in [5.41, 5.74) is 3.28. The summed E-state index contributed by atoms with van der Waals surface area (Å²) in [6.45, 7) is 1.94. The summed E-state index contributed by atoms with van der Waals surface area (Å²) < 4.78 is 35.3. The third-order valence-electron chi connectivity index (χ3n) is 5.75. The predicted molar refractivity (Wildman–Crippen MR) is 125 cm³/mol. The molecule has 0 radical (unpaired) electrons. The highest BCUT2D eigenvalue weighted by atomic mass is 35.5. The minimum atomic E-state index is -0.673. The first-order valence-corrected chi connectivity index (χ1v) is 10.3. The van der Waals surface area contributed by atoms with Gasteiger partial charge in [0.25, 0.3) is 0 Å². The van der Waals surface area contributed by atoms with E-state index in [1.54, 1.807) is 12.5 Å². The molecule has 0 saturated carbocycles. The monoisotopic (exact) mass is 467 g/mol. The summed E-state index contributed by atoms with van der Waals surface area (Å²) in [4.78, 5) is 4.21. The van der Waals surface area contributed by atoms with Crippen LogP contribution in [0.5, 0.6) is 0 Å². The Morgan fingerprint density at radius 1 is 1.18 bits per heavy atom. The van der Waals surface area contributed by atoms with Crippen LogP contribution in [0.2, 0.25) is 0 Å². The second-order valence-electron chi connectivity index (χ2n) is 8.17. The van der Waals surface area contributed by atoms with Crippen molar-refractivity contribution in [2.24, 2.45) is 12.5 Å². The molecule has 0 aliphatic heterocycles. The van der Waals surface area contributed by atoms with Gasteiger partial charge in [0.05, 0.1) is 36.3 Å². The lowest BCUT2D eigenvalue weighted by Gasteiger charge is -2.31. The molecule has 1 heterocycles. The van der Waals surface area contributed by atoms with E-state index in [9.17, 15) is 14.0 Å². The summed E-state index contributed by atoms with van der Waals surface area (Å²) in [7, 11) is 1.87. The largest absolute Gasteiger partial charge is 0.363 e. The normalized spacial score (nSPS) is 18.5. The number of hydrogen-bond donors (Lipinski definition) is 0. The van der Waals surface area contributed by atoms with Crippen LogP contribution < -0.4 is 0 Å². The second-order valence-corrected chi connectivity index (χ2v) is 8.17. The SMILES string of the molecule is Cl.Cn1cncc1C(OCc1cc(F)cc(F)c1)C1=CCC(C)(C#N)C(c2ccccc2)=C1. The smallest absolute Gasteiger partial charge is 0.126 e. The van der Waals surface area contributed by atoms with E-state index in [0.717, 1.165) is 28.5 Å². The van der Waals surface area contributed by atoms with Crippen molar-refractivity contribution in [3.63, 3.8) is 0 Å². The number of allylic oxidation sites excluding steroid dienone is 2. The Kier molecular flexibility index (Phi) is 7.47. The molecule has 170 valence electrons. The highest BCUT2D eigenvalue weighted by Gasteiger charge is 2.34. The molecule has 2 aromatic carbocycles. The van der Waals surface area contributed by atoms with Gasteiger partial charge in [-0.1, -0.05) is 42.5 Å². The van der Waals surface area contributed by atoms with E-state index >= 15 is 0 Å². The van der Waals surface area contributed by atoms with Crippen LogP contribution in [-0.4, -0.2) is 9.55 Å². The standard InChI is InChI=1S/C26H23F2N3O.ClH/c1-26(16-29)9-8-20(12-23(26)19-6-4-3-5-7-19)25(24-14-30-17-31(24)2)32-15-18-10-21(27)13-22(28)11-18;/h3-8,10-14,17,25H,9,15H2,1-2H3;1H. The van der Waals surface area contributed by atoms with Crippen molar-refractivity contribution in [3.8, 4) is 6.07 Å². The average molecular weight is 468 g/mol. The molecule has 0 amide bonds. The molecule has 3 aromatic rings. The molecule has 4 rings (SSSR count). The van der Waals surface area contributed by atoms with Gasteiger partial charge in [0.15, 0.2) is 0 Å². The summed E-state index contributed by atoms with van der Waals surface area (Å²) in [6.07, 6.45) is 7.39. The molecule has 0 spiro atoms. The van der Waals surface area contributed by atoms with E-state index in [-0.39, 0.29) is 19.0 Å². The number of nitrogens with zero attached hydrogens (tertiary/aromatic N) is 3. The third kappa shape index (κ3) is 5.22. The first-order valence-electron chi connectivity index (χ1n) is 10.3. The number of benzene rings is 2. The van der Waals surface area contributed by atoms with E-state index in [1.165, 1.54) is 12.1 Å². The van der Waals surface area contributed by atoms with Crippen molar-refractivity contribution in [2.75, 3.05) is 0 Å². The molecule has 0 N–H and O–H groups in total. The van der Waals surface area contributed by atoms with E-state index in [4.69, 9.17) is 4.74 Å².